The second kappa shape index (κ2) is 4.37. The number of benzene rings is 1. The number of aryl methyl sites for hydroxylation is 1. The van der Waals surface area contributed by atoms with Gasteiger partial charge in [-0.05, 0) is 18.6 Å². The molecule has 16 heavy (non-hydrogen) atoms. The molecule has 0 aliphatic heterocycles. The summed E-state index contributed by atoms with van der Waals surface area (Å²) in [5, 5.41) is 3.08. The smallest absolute Gasteiger partial charge is 0.259 e. The molecule has 2 aromatic rings. The maximum atomic E-state index is 11.8. The topological polar surface area (TPSA) is 57.8 Å². The SMILES string of the molecule is Cc1cccc(C(=O)Nc2ncc[nH]2)c1Cl. The van der Waals surface area contributed by atoms with Gasteiger partial charge < -0.3 is 4.98 Å². The number of rotatable bonds is 2. The lowest BCUT2D eigenvalue weighted by Gasteiger charge is -2.05. The van der Waals surface area contributed by atoms with Crippen molar-refractivity contribution >= 4 is 23.5 Å². The van der Waals surface area contributed by atoms with Gasteiger partial charge in [-0.15, -0.1) is 0 Å². The fourth-order valence-corrected chi connectivity index (χ4v) is 1.54. The van der Waals surface area contributed by atoms with Crippen molar-refractivity contribution in [1.82, 2.24) is 9.97 Å². The van der Waals surface area contributed by atoms with E-state index in [1.165, 1.54) is 0 Å². The summed E-state index contributed by atoms with van der Waals surface area (Å²) >= 11 is 6.04. The van der Waals surface area contributed by atoms with Crippen LogP contribution in [0.25, 0.3) is 0 Å². The maximum Gasteiger partial charge on any atom is 0.259 e. The molecule has 0 fully saturated rings. The number of H-pyrrole nitrogens is 1. The Balaban J connectivity index is 2.24. The number of anilines is 1. The predicted molar refractivity (Wildman–Crippen MR) is 62.7 cm³/mol. The van der Waals surface area contributed by atoms with Crippen molar-refractivity contribution in [3.63, 3.8) is 0 Å². The van der Waals surface area contributed by atoms with Gasteiger partial charge in [-0.2, -0.15) is 0 Å². The molecule has 2 rings (SSSR count). The van der Waals surface area contributed by atoms with Gasteiger partial charge in [0, 0.05) is 12.4 Å². The standard InChI is InChI=1S/C11H10ClN3O/c1-7-3-2-4-8(9(7)12)10(16)15-11-13-5-6-14-11/h2-6H,1H3,(H2,13,14,15,16). The first-order chi connectivity index (χ1) is 7.68. The molecule has 2 N–H and O–H groups in total. The largest absolute Gasteiger partial charge is 0.331 e. The average Bonchev–Trinajstić information content (AvgIpc) is 2.74. The Morgan fingerprint density at radius 1 is 1.50 bits per heavy atom. The van der Waals surface area contributed by atoms with Crippen LogP contribution in [0.15, 0.2) is 30.6 Å². The zero-order valence-electron chi connectivity index (χ0n) is 8.62. The first-order valence-corrected chi connectivity index (χ1v) is 5.12. The fourth-order valence-electron chi connectivity index (χ4n) is 1.33. The average molecular weight is 236 g/mol. The minimum absolute atomic E-state index is 0.274. The van der Waals surface area contributed by atoms with Crippen LogP contribution in [-0.4, -0.2) is 15.9 Å². The number of aromatic nitrogens is 2. The molecule has 5 heteroatoms. The van der Waals surface area contributed by atoms with E-state index in [0.29, 0.717) is 16.5 Å². The molecule has 1 amide bonds. The Labute approximate surface area is 97.7 Å². The summed E-state index contributed by atoms with van der Waals surface area (Å²) in [5.74, 6) is 0.131. The summed E-state index contributed by atoms with van der Waals surface area (Å²) in [6.07, 6.45) is 3.20. The highest BCUT2D eigenvalue weighted by Gasteiger charge is 2.12. The molecular formula is C11H10ClN3O. The van der Waals surface area contributed by atoms with E-state index < -0.39 is 0 Å². The van der Waals surface area contributed by atoms with E-state index in [1.54, 1.807) is 24.5 Å². The number of hydrogen-bond donors (Lipinski definition) is 2. The van der Waals surface area contributed by atoms with Gasteiger partial charge in [-0.1, -0.05) is 23.7 Å². The van der Waals surface area contributed by atoms with Crippen molar-refractivity contribution in [3.8, 4) is 0 Å². The lowest BCUT2D eigenvalue weighted by atomic mass is 10.1. The van der Waals surface area contributed by atoms with Crippen LogP contribution >= 0.6 is 11.6 Å². The number of nitrogens with one attached hydrogen (secondary N) is 2. The van der Waals surface area contributed by atoms with Gasteiger partial charge in [0.05, 0.1) is 10.6 Å². The predicted octanol–water partition coefficient (Wildman–Crippen LogP) is 2.62. The van der Waals surface area contributed by atoms with Crippen molar-refractivity contribution in [1.29, 1.82) is 0 Å². The molecule has 0 bridgehead atoms. The minimum Gasteiger partial charge on any atom is -0.331 e. The van der Waals surface area contributed by atoms with Crippen LogP contribution in [0.3, 0.4) is 0 Å². The number of amides is 1. The third-order valence-corrected chi connectivity index (χ3v) is 2.67. The highest BCUT2D eigenvalue weighted by molar-refractivity contribution is 6.35. The van der Waals surface area contributed by atoms with E-state index in [-0.39, 0.29) is 5.91 Å². The van der Waals surface area contributed by atoms with Crippen molar-refractivity contribution in [2.24, 2.45) is 0 Å². The first kappa shape index (κ1) is 10.7. The molecule has 82 valence electrons. The Bertz CT molecular complexity index is 508. The zero-order chi connectivity index (χ0) is 11.5. The van der Waals surface area contributed by atoms with Crippen molar-refractivity contribution in [3.05, 3.63) is 46.7 Å². The molecule has 4 nitrogen and oxygen atoms in total. The minimum atomic E-state index is -0.274. The zero-order valence-corrected chi connectivity index (χ0v) is 9.38. The van der Waals surface area contributed by atoms with Crippen LogP contribution in [0, 0.1) is 6.92 Å². The third kappa shape index (κ3) is 2.06. The van der Waals surface area contributed by atoms with E-state index in [9.17, 15) is 4.79 Å². The number of carbonyl (C=O) groups is 1. The molecule has 0 atom stereocenters. The summed E-state index contributed by atoms with van der Waals surface area (Å²) in [4.78, 5) is 18.5. The van der Waals surface area contributed by atoms with E-state index in [0.717, 1.165) is 5.56 Å². The molecular weight excluding hydrogens is 226 g/mol. The van der Waals surface area contributed by atoms with Gasteiger partial charge in [0.25, 0.3) is 5.91 Å². The van der Waals surface area contributed by atoms with E-state index in [1.807, 2.05) is 13.0 Å². The number of hydrogen-bond acceptors (Lipinski definition) is 2. The van der Waals surface area contributed by atoms with Crippen molar-refractivity contribution < 1.29 is 4.79 Å². The first-order valence-electron chi connectivity index (χ1n) is 4.74. The second-order valence-corrected chi connectivity index (χ2v) is 3.71. The molecule has 1 aromatic carbocycles. The van der Waals surface area contributed by atoms with Gasteiger partial charge in [-0.3, -0.25) is 10.1 Å². The van der Waals surface area contributed by atoms with Crippen molar-refractivity contribution in [2.45, 2.75) is 6.92 Å². The lowest BCUT2D eigenvalue weighted by molar-refractivity contribution is 0.102. The normalized spacial score (nSPS) is 10.1. The Hall–Kier alpha value is -1.81. The number of halogens is 1. The fraction of sp³-hybridized carbons (Fsp3) is 0.0909. The molecule has 0 aliphatic carbocycles. The summed E-state index contributed by atoms with van der Waals surface area (Å²) in [6, 6.07) is 5.32. The molecule has 1 heterocycles. The molecule has 0 radical (unpaired) electrons. The molecule has 0 spiro atoms. The molecule has 1 aromatic heterocycles. The Morgan fingerprint density at radius 3 is 3.00 bits per heavy atom. The monoisotopic (exact) mass is 235 g/mol. The van der Waals surface area contributed by atoms with Crippen LogP contribution in [0.1, 0.15) is 15.9 Å². The van der Waals surface area contributed by atoms with Gasteiger partial charge in [-0.25, -0.2) is 4.98 Å². The Morgan fingerprint density at radius 2 is 2.31 bits per heavy atom. The number of nitrogens with zero attached hydrogens (tertiary/aromatic N) is 1. The van der Waals surface area contributed by atoms with E-state index in [4.69, 9.17) is 11.6 Å². The summed E-state index contributed by atoms with van der Waals surface area (Å²) in [7, 11) is 0. The van der Waals surface area contributed by atoms with Gasteiger partial charge in [0.15, 0.2) is 0 Å². The molecule has 0 aliphatic rings. The van der Waals surface area contributed by atoms with Crippen molar-refractivity contribution in [2.75, 3.05) is 5.32 Å². The maximum absolute atomic E-state index is 11.8. The van der Waals surface area contributed by atoms with Gasteiger partial charge in [0.2, 0.25) is 5.95 Å². The van der Waals surface area contributed by atoms with Crippen LogP contribution < -0.4 is 5.32 Å². The highest BCUT2D eigenvalue weighted by atomic mass is 35.5. The van der Waals surface area contributed by atoms with Crippen LogP contribution in [0.4, 0.5) is 5.95 Å². The van der Waals surface area contributed by atoms with Gasteiger partial charge in [0.1, 0.15) is 0 Å². The quantitative estimate of drug-likeness (QED) is 0.841. The molecule has 0 saturated heterocycles. The van der Waals surface area contributed by atoms with Crippen LogP contribution in [0.2, 0.25) is 5.02 Å². The number of aromatic amines is 1. The summed E-state index contributed by atoms with van der Waals surface area (Å²) in [6.45, 7) is 1.85. The lowest BCUT2D eigenvalue weighted by Crippen LogP contribution is -2.13. The molecule has 0 unspecified atom stereocenters. The van der Waals surface area contributed by atoms with E-state index >= 15 is 0 Å². The van der Waals surface area contributed by atoms with E-state index in [2.05, 4.69) is 15.3 Å². The summed E-state index contributed by atoms with van der Waals surface area (Å²) < 4.78 is 0. The van der Waals surface area contributed by atoms with Crippen LogP contribution in [0.5, 0.6) is 0 Å². The number of imidazole rings is 1. The second-order valence-electron chi connectivity index (χ2n) is 3.33. The highest BCUT2D eigenvalue weighted by Crippen LogP contribution is 2.20. The van der Waals surface area contributed by atoms with Gasteiger partial charge >= 0.3 is 0 Å². The molecule has 0 saturated carbocycles. The van der Waals surface area contributed by atoms with Crippen LogP contribution in [-0.2, 0) is 0 Å². The number of carbonyl (C=O) groups excluding carboxylic acids is 1. The Kier molecular flexibility index (Phi) is 2.92. The summed E-state index contributed by atoms with van der Waals surface area (Å²) in [5.41, 5.74) is 1.31. The third-order valence-electron chi connectivity index (χ3n) is 2.17.